The van der Waals surface area contributed by atoms with Crippen LogP contribution in [0.25, 0.3) is 0 Å². The molecule has 162 valence electrons. The second-order valence-electron chi connectivity index (χ2n) is 7.42. The van der Waals surface area contributed by atoms with Gasteiger partial charge in [-0.05, 0) is 43.2 Å². The normalized spacial score (nSPS) is 14.9. The first-order chi connectivity index (χ1) is 15.2. The highest BCUT2D eigenvalue weighted by atomic mass is 35.5. The summed E-state index contributed by atoms with van der Waals surface area (Å²) in [5.41, 5.74) is 0.964. The predicted molar refractivity (Wildman–Crippen MR) is 127 cm³/mol. The molecule has 0 radical (unpaired) electrons. The summed E-state index contributed by atoms with van der Waals surface area (Å²) in [6, 6.07) is 17.2. The maximum atomic E-state index is 6.07. The van der Waals surface area contributed by atoms with Gasteiger partial charge in [-0.3, -0.25) is 0 Å². The van der Waals surface area contributed by atoms with Crippen LogP contribution in [-0.2, 0) is 0 Å². The molecule has 3 aromatic rings. The number of likely N-dealkylation sites (tertiary alicyclic amines) is 1. The Morgan fingerprint density at radius 1 is 1.00 bits per heavy atom. The number of ether oxygens (including phenoxy) is 1. The van der Waals surface area contributed by atoms with Gasteiger partial charge in [0.15, 0.2) is 0 Å². The van der Waals surface area contributed by atoms with Crippen molar-refractivity contribution in [2.45, 2.75) is 18.9 Å². The Balaban J connectivity index is 1.19. The van der Waals surface area contributed by atoms with Crippen LogP contribution in [0.2, 0.25) is 10.0 Å². The van der Waals surface area contributed by atoms with E-state index in [1.54, 1.807) is 18.3 Å². The number of halogens is 2. The number of aromatic nitrogens is 2. The fourth-order valence-electron chi connectivity index (χ4n) is 3.50. The van der Waals surface area contributed by atoms with Gasteiger partial charge in [0.25, 0.3) is 0 Å². The number of hydrogen-bond donors (Lipinski definition) is 2. The van der Waals surface area contributed by atoms with Crippen molar-refractivity contribution >= 4 is 40.7 Å². The summed E-state index contributed by atoms with van der Waals surface area (Å²) in [7, 11) is 0. The van der Waals surface area contributed by atoms with Crippen LogP contribution in [0.3, 0.4) is 0 Å². The first kappa shape index (κ1) is 21.7. The Bertz CT molecular complexity index is 981. The highest BCUT2D eigenvalue weighted by molar-refractivity contribution is 6.42. The second-order valence-corrected chi connectivity index (χ2v) is 8.23. The summed E-state index contributed by atoms with van der Waals surface area (Å²) < 4.78 is 6.07. The summed E-state index contributed by atoms with van der Waals surface area (Å²) in [5.74, 6) is 2.17. The number of anilines is 3. The summed E-state index contributed by atoms with van der Waals surface area (Å²) >= 11 is 12.0. The average molecular weight is 458 g/mol. The van der Waals surface area contributed by atoms with E-state index in [-0.39, 0.29) is 6.10 Å². The molecule has 2 aromatic carbocycles. The Labute approximate surface area is 192 Å². The number of nitrogens with zero attached hydrogens (tertiary/aromatic N) is 3. The Morgan fingerprint density at radius 2 is 1.81 bits per heavy atom. The molecular weight excluding hydrogens is 433 g/mol. The number of para-hydroxylation sites is 1. The number of benzene rings is 2. The molecule has 6 nitrogen and oxygen atoms in total. The van der Waals surface area contributed by atoms with E-state index in [9.17, 15) is 0 Å². The third-order valence-corrected chi connectivity index (χ3v) is 5.89. The molecule has 8 heteroatoms. The number of nitrogens with one attached hydrogen (secondary N) is 2. The van der Waals surface area contributed by atoms with Crippen LogP contribution in [0.5, 0.6) is 5.75 Å². The number of rotatable bonds is 8. The van der Waals surface area contributed by atoms with Crippen molar-refractivity contribution in [3.63, 3.8) is 0 Å². The fourth-order valence-corrected chi connectivity index (χ4v) is 3.79. The molecule has 4 rings (SSSR count). The van der Waals surface area contributed by atoms with Crippen LogP contribution < -0.4 is 15.4 Å². The third-order valence-electron chi connectivity index (χ3n) is 5.15. The Kier molecular flexibility index (Phi) is 7.46. The van der Waals surface area contributed by atoms with E-state index in [0.717, 1.165) is 56.3 Å². The molecule has 0 saturated carbocycles. The Hall–Kier alpha value is -2.54. The van der Waals surface area contributed by atoms with E-state index in [1.807, 2.05) is 42.5 Å². The zero-order valence-corrected chi connectivity index (χ0v) is 18.6. The van der Waals surface area contributed by atoms with Gasteiger partial charge in [-0.2, -0.15) is 4.98 Å². The molecule has 1 saturated heterocycles. The van der Waals surface area contributed by atoms with Crippen LogP contribution in [-0.4, -0.2) is 47.2 Å². The lowest BCUT2D eigenvalue weighted by Gasteiger charge is -2.32. The lowest BCUT2D eigenvalue weighted by atomic mass is 10.1. The smallest absolute Gasteiger partial charge is 0.229 e. The van der Waals surface area contributed by atoms with E-state index < -0.39 is 0 Å². The molecule has 1 aliphatic rings. The van der Waals surface area contributed by atoms with Crippen LogP contribution in [0.4, 0.5) is 17.5 Å². The average Bonchev–Trinajstić information content (AvgIpc) is 2.79. The molecule has 31 heavy (non-hydrogen) atoms. The van der Waals surface area contributed by atoms with Gasteiger partial charge >= 0.3 is 0 Å². The lowest BCUT2D eigenvalue weighted by Crippen LogP contribution is -2.40. The highest BCUT2D eigenvalue weighted by Gasteiger charge is 2.20. The van der Waals surface area contributed by atoms with E-state index >= 15 is 0 Å². The summed E-state index contributed by atoms with van der Waals surface area (Å²) in [6.07, 6.45) is 3.93. The first-order valence-electron chi connectivity index (χ1n) is 10.4. The second kappa shape index (κ2) is 10.7. The predicted octanol–water partition coefficient (Wildman–Crippen LogP) is 5.48. The van der Waals surface area contributed by atoms with Crippen LogP contribution in [0, 0.1) is 0 Å². The quantitative estimate of drug-likeness (QED) is 0.466. The molecular formula is C23H25Cl2N5O. The molecule has 0 atom stereocenters. The van der Waals surface area contributed by atoms with Crippen molar-refractivity contribution in [2.24, 2.45) is 0 Å². The minimum Gasteiger partial charge on any atom is -0.490 e. The van der Waals surface area contributed by atoms with Crippen LogP contribution >= 0.6 is 23.2 Å². The van der Waals surface area contributed by atoms with Gasteiger partial charge in [-0.25, -0.2) is 4.98 Å². The van der Waals surface area contributed by atoms with Crippen molar-refractivity contribution < 1.29 is 4.74 Å². The lowest BCUT2D eigenvalue weighted by molar-refractivity contribution is 0.103. The minimum atomic E-state index is 0.204. The van der Waals surface area contributed by atoms with E-state index in [0.29, 0.717) is 16.0 Å². The number of hydrogen-bond acceptors (Lipinski definition) is 6. The topological polar surface area (TPSA) is 62.3 Å². The van der Waals surface area contributed by atoms with Gasteiger partial charge in [0, 0.05) is 44.1 Å². The van der Waals surface area contributed by atoms with Crippen molar-refractivity contribution in [2.75, 3.05) is 36.8 Å². The molecule has 0 aliphatic carbocycles. The fraction of sp³-hybridized carbons (Fsp3) is 0.304. The van der Waals surface area contributed by atoms with Crippen molar-refractivity contribution in [3.8, 4) is 5.75 Å². The van der Waals surface area contributed by atoms with Crippen molar-refractivity contribution in [3.05, 3.63) is 70.8 Å². The zero-order chi connectivity index (χ0) is 21.5. The van der Waals surface area contributed by atoms with E-state index in [4.69, 9.17) is 27.9 Å². The number of piperidine rings is 1. The van der Waals surface area contributed by atoms with Crippen molar-refractivity contribution in [1.29, 1.82) is 0 Å². The maximum absolute atomic E-state index is 6.07. The van der Waals surface area contributed by atoms with Gasteiger partial charge in [-0.1, -0.05) is 41.4 Å². The largest absolute Gasteiger partial charge is 0.490 e. The van der Waals surface area contributed by atoms with Crippen molar-refractivity contribution in [1.82, 2.24) is 14.9 Å². The summed E-state index contributed by atoms with van der Waals surface area (Å²) in [4.78, 5) is 11.3. The molecule has 1 fully saturated rings. The molecule has 0 amide bonds. The molecule has 2 N–H and O–H groups in total. The SMILES string of the molecule is Clc1ccc(OC2CCN(CCNc3ccnc(Nc4ccccc4)n3)CC2)cc1Cl. The highest BCUT2D eigenvalue weighted by Crippen LogP contribution is 2.28. The van der Waals surface area contributed by atoms with E-state index in [1.165, 1.54) is 0 Å². The summed E-state index contributed by atoms with van der Waals surface area (Å²) in [5, 5.41) is 7.67. The Morgan fingerprint density at radius 3 is 2.58 bits per heavy atom. The monoisotopic (exact) mass is 457 g/mol. The molecule has 0 spiro atoms. The summed E-state index contributed by atoms with van der Waals surface area (Å²) in [6.45, 7) is 3.77. The van der Waals surface area contributed by atoms with Gasteiger partial charge in [-0.15, -0.1) is 0 Å². The molecule has 0 bridgehead atoms. The molecule has 2 heterocycles. The minimum absolute atomic E-state index is 0.204. The van der Waals surface area contributed by atoms with Gasteiger partial charge < -0.3 is 20.3 Å². The van der Waals surface area contributed by atoms with Gasteiger partial charge in [0.2, 0.25) is 5.95 Å². The van der Waals surface area contributed by atoms with Crippen LogP contribution in [0.15, 0.2) is 60.8 Å². The molecule has 1 aromatic heterocycles. The standard InChI is InChI=1S/C23H25Cl2N5O/c24-20-7-6-19(16-21(20)25)31-18-9-13-30(14-10-18)15-12-26-22-8-11-27-23(29-22)28-17-4-2-1-3-5-17/h1-8,11,16,18H,9-10,12-15H2,(H2,26,27,28,29). The maximum Gasteiger partial charge on any atom is 0.229 e. The molecule has 1 aliphatic heterocycles. The van der Waals surface area contributed by atoms with Gasteiger partial charge in [0.1, 0.15) is 17.7 Å². The van der Waals surface area contributed by atoms with Crippen LogP contribution in [0.1, 0.15) is 12.8 Å². The first-order valence-corrected chi connectivity index (χ1v) is 11.1. The molecule has 0 unspecified atom stereocenters. The zero-order valence-electron chi connectivity index (χ0n) is 17.1. The third kappa shape index (κ3) is 6.47. The van der Waals surface area contributed by atoms with E-state index in [2.05, 4.69) is 25.5 Å². The van der Waals surface area contributed by atoms with Gasteiger partial charge in [0.05, 0.1) is 10.0 Å².